The molecule has 3 saturated carbocycles. The smallest absolute Gasteiger partial charge is 0.164 e. The van der Waals surface area contributed by atoms with Crippen LogP contribution in [-0.4, -0.2) is 83.8 Å². The minimum Gasteiger partial charge on any atom is -0.393 e. The first-order valence-corrected chi connectivity index (χ1v) is 20.0. The number of carbonyl (C=O) groups is 1. The molecule has 2 spiro atoms. The number of fused-ring (bicyclic) bond motifs is 1. The fraction of sp³-hybridized carbons (Fsp3) is 0.614. The van der Waals surface area contributed by atoms with Crippen LogP contribution in [-0.2, 0) is 27.3 Å². The summed E-state index contributed by atoms with van der Waals surface area (Å²) in [6.07, 6.45) is 11.2. The highest BCUT2D eigenvalue weighted by atomic mass is 35.5. The minimum absolute atomic E-state index is 0.0387. The molecule has 0 heterocycles. The normalized spacial score (nSPS) is 36.2. The number of methoxy groups -OCH3 is 1. The predicted molar refractivity (Wildman–Crippen MR) is 204 cm³/mol. The van der Waals surface area contributed by atoms with Gasteiger partial charge in [-0.1, -0.05) is 80.1 Å². The third kappa shape index (κ3) is 6.58. The quantitative estimate of drug-likeness (QED) is 0.132. The maximum absolute atomic E-state index is 15.1. The molecule has 6 aliphatic carbocycles. The average molecular weight is 750 g/mol. The summed E-state index contributed by atoms with van der Waals surface area (Å²) in [6.45, 7) is 7.13. The first kappa shape index (κ1) is 38.8. The molecule has 9 atom stereocenters. The monoisotopic (exact) mass is 749 g/mol. The topological polar surface area (TPSA) is 99.5 Å². The zero-order valence-electron chi connectivity index (χ0n) is 31.5. The lowest BCUT2D eigenvalue weighted by molar-refractivity contribution is -0.180. The van der Waals surface area contributed by atoms with E-state index >= 15 is 4.39 Å². The van der Waals surface area contributed by atoms with Crippen molar-refractivity contribution in [3.8, 4) is 0 Å². The van der Waals surface area contributed by atoms with Crippen LogP contribution in [0, 0.1) is 39.3 Å². The third-order valence-electron chi connectivity index (χ3n) is 14.6. The van der Waals surface area contributed by atoms with E-state index in [1.807, 2.05) is 30.3 Å². The summed E-state index contributed by atoms with van der Waals surface area (Å²) >= 11 is 6.48. The van der Waals surface area contributed by atoms with Gasteiger partial charge in [0.25, 0.3) is 0 Å². The van der Waals surface area contributed by atoms with Crippen molar-refractivity contribution >= 4 is 17.4 Å². The molecule has 6 aliphatic rings. The molecule has 0 radical (unpaired) electrons. The van der Waals surface area contributed by atoms with Gasteiger partial charge in [-0.2, -0.15) is 0 Å². The second-order valence-corrected chi connectivity index (χ2v) is 17.8. The second kappa shape index (κ2) is 14.9. The largest absolute Gasteiger partial charge is 0.393 e. The van der Waals surface area contributed by atoms with Gasteiger partial charge in [-0.15, -0.1) is 0 Å². The molecule has 0 aromatic heterocycles. The molecule has 2 bridgehead atoms. The molecule has 2 aromatic carbocycles. The highest BCUT2D eigenvalue weighted by Gasteiger charge is 2.74. The number of carbonyl (C=O) groups excluding carboxylic acids is 1. The second-order valence-electron chi connectivity index (χ2n) is 17.3. The van der Waals surface area contributed by atoms with Gasteiger partial charge in [0.2, 0.25) is 0 Å². The van der Waals surface area contributed by atoms with Crippen LogP contribution in [0.4, 0.5) is 4.39 Å². The Morgan fingerprint density at radius 3 is 2.51 bits per heavy atom. The lowest BCUT2D eigenvalue weighted by Crippen LogP contribution is -2.67. The Kier molecular flexibility index (Phi) is 10.9. The van der Waals surface area contributed by atoms with E-state index in [9.17, 15) is 20.1 Å². The zero-order valence-corrected chi connectivity index (χ0v) is 32.3. The summed E-state index contributed by atoms with van der Waals surface area (Å²) in [5.41, 5.74) is -0.943. The van der Waals surface area contributed by atoms with E-state index in [-0.39, 0.29) is 46.6 Å². The van der Waals surface area contributed by atoms with Gasteiger partial charge in [0.1, 0.15) is 5.82 Å². The Morgan fingerprint density at radius 2 is 1.75 bits per heavy atom. The van der Waals surface area contributed by atoms with Crippen LogP contribution in [0.5, 0.6) is 0 Å². The van der Waals surface area contributed by atoms with Gasteiger partial charge in [0.15, 0.2) is 5.78 Å². The SMILES string of the molecule is COCCCN(CC(O)COCc1ccccc1)CC1(O)CCC2C34C=CC5(C=C3C(=O)Cc3c(F)cccc3Cl)CC(O)CCC5(C)C4CCC21C. The number of benzene rings is 2. The van der Waals surface area contributed by atoms with Crippen LogP contribution in [0.15, 0.2) is 72.3 Å². The number of ketones is 1. The number of hydrogen-bond donors (Lipinski definition) is 3. The third-order valence-corrected chi connectivity index (χ3v) is 15.0. The molecule has 7 nitrogen and oxygen atoms in total. The molecule has 8 rings (SSSR count). The Labute approximate surface area is 319 Å². The maximum atomic E-state index is 15.1. The van der Waals surface area contributed by atoms with Crippen molar-refractivity contribution in [2.24, 2.45) is 33.5 Å². The van der Waals surface area contributed by atoms with Crippen LogP contribution < -0.4 is 0 Å². The van der Waals surface area contributed by atoms with Crippen molar-refractivity contribution in [3.63, 3.8) is 0 Å². The summed E-state index contributed by atoms with van der Waals surface area (Å²) in [5.74, 6) is -0.525. The fourth-order valence-electron chi connectivity index (χ4n) is 11.9. The van der Waals surface area contributed by atoms with Crippen molar-refractivity contribution in [2.75, 3.05) is 40.0 Å². The molecular weight excluding hydrogens is 693 g/mol. The van der Waals surface area contributed by atoms with Gasteiger partial charge in [-0.3, -0.25) is 9.69 Å². The van der Waals surface area contributed by atoms with Gasteiger partial charge in [-0.25, -0.2) is 4.39 Å². The maximum Gasteiger partial charge on any atom is 0.164 e. The molecule has 288 valence electrons. The summed E-state index contributed by atoms with van der Waals surface area (Å²) in [5, 5.41) is 35.4. The average Bonchev–Trinajstić information content (AvgIpc) is 3.40. The van der Waals surface area contributed by atoms with Crippen LogP contribution in [0.1, 0.15) is 76.3 Å². The number of nitrogens with zero attached hydrogens (tertiary/aromatic N) is 1. The number of rotatable bonds is 15. The number of halogens is 2. The summed E-state index contributed by atoms with van der Waals surface area (Å²) < 4.78 is 26.4. The molecule has 3 fully saturated rings. The van der Waals surface area contributed by atoms with Gasteiger partial charge >= 0.3 is 0 Å². The van der Waals surface area contributed by atoms with Crippen LogP contribution in [0.3, 0.4) is 0 Å². The summed E-state index contributed by atoms with van der Waals surface area (Å²) in [4.78, 5) is 16.9. The van der Waals surface area contributed by atoms with E-state index in [0.717, 1.165) is 44.1 Å². The van der Waals surface area contributed by atoms with E-state index in [1.165, 1.54) is 6.07 Å². The Bertz CT molecular complexity index is 1700. The Hall–Kier alpha value is -2.43. The molecule has 9 heteroatoms. The highest BCUT2D eigenvalue weighted by Crippen LogP contribution is 2.78. The summed E-state index contributed by atoms with van der Waals surface area (Å²) in [6, 6.07) is 14.4. The van der Waals surface area contributed by atoms with Crippen LogP contribution in [0.25, 0.3) is 0 Å². The Balaban J connectivity index is 1.19. The number of ether oxygens (including phenoxy) is 2. The Morgan fingerprint density at radius 1 is 1.02 bits per heavy atom. The van der Waals surface area contributed by atoms with Gasteiger partial charge < -0.3 is 24.8 Å². The van der Waals surface area contributed by atoms with Crippen LogP contribution >= 0.6 is 11.6 Å². The number of aliphatic hydroxyl groups is 3. The van der Waals surface area contributed by atoms with Crippen molar-refractivity contribution in [1.82, 2.24) is 4.90 Å². The number of Topliss-reactive ketones (excluding diaryl/α,β-unsaturated/α-hetero) is 1. The molecule has 9 unspecified atom stereocenters. The van der Waals surface area contributed by atoms with E-state index < -0.39 is 39.9 Å². The van der Waals surface area contributed by atoms with Crippen molar-refractivity contribution in [1.29, 1.82) is 0 Å². The molecule has 53 heavy (non-hydrogen) atoms. The molecule has 0 amide bonds. The highest BCUT2D eigenvalue weighted by molar-refractivity contribution is 6.31. The van der Waals surface area contributed by atoms with Gasteiger partial charge in [-0.05, 0) is 86.3 Å². The fourth-order valence-corrected chi connectivity index (χ4v) is 12.1. The minimum atomic E-state index is -1.08. The number of aliphatic hydroxyl groups excluding tert-OH is 2. The van der Waals surface area contributed by atoms with Crippen molar-refractivity contribution < 1.29 is 34.0 Å². The van der Waals surface area contributed by atoms with Crippen molar-refractivity contribution in [2.45, 2.75) is 96.1 Å². The predicted octanol–water partition coefficient (Wildman–Crippen LogP) is 7.10. The number of hydrogen-bond acceptors (Lipinski definition) is 7. The molecular formula is C44H57ClFNO6. The zero-order chi connectivity index (χ0) is 37.6. The molecule has 2 aromatic rings. The number of allylic oxidation sites excluding steroid dienone is 4. The lowest BCUT2D eigenvalue weighted by Gasteiger charge is -2.71. The molecule has 0 saturated heterocycles. The van der Waals surface area contributed by atoms with E-state index in [2.05, 4.69) is 37.0 Å². The standard InChI is InChI=1S/C44H57ClFNO6/c1-40-16-13-31(48)24-42(40)19-20-44(34(25-42)37(50)23-33-35(45)11-7-12-36(33)46)38(40)14-17-41(2)39(44)15-18-43(41,51)29-47(21-8-22-52-3)26-32(49)28-53-27-30-9-5-4-6-10-30/h4-7,9-12,19-20,25,31-32,38-39,48-49,51H,8,13-18,21-24,26-29H2,1-3H3. The molecule has 0 aliphatic heterocycles. The summed E-state index contributed by atoms with van der Waals surface area (Å²) in [7, 11) is 1.68. The van der Waals surface area contributed by atoms with E-state index in [1.54, 1.807) is 19.2 Å². The van der Waals surface area contributed by atoms with Gasteiger partial charge in [0, 0.05) is 72.2 Å². The first-order chi connectivity index (χ1) is 25.3. The lowest BCUT2D eigenvalue weighted by atomic mass is 9.32. The first-order valence-electron chi connectivity index (χ1n) is 19.6. The van der Waals surface area contributed by atoms with Gasteiger partial charge in [0.05, 0.1) is 31.0 Å². The van der Waals surface area contributed by atoms with Crippen molar-refractivity contribution in [3.05, 3.63) is 94.3 Å². The van der Waals surface area contributed by atoms with Crippen LogP contribution in [0.2, 0.25) is 5.02 Å². The van der Waals surface area contributed by atoms with E-state index in [0.29, 0.717) is 51.3 Å². The molecule has 3 N–H and O–H groups in total. The van der Waals surface area contributed by atoms with E-state index in [4.69, 9.17) is 21.1 Å².